The van der Waals surface area contributed by atoms with E-state index in [9.17, 15) is 17.6 Å². The van der Waals surface area contributed by atoms with Gasteiger partial charge in [0.25, 0.3) is 0 Å². The largest absolute Gasteiger partial charge is 0.207 e. The van der Waals surface area contributed by atoms with Crippen LogP contribution in [0.25, 0.3) is 0 Å². The van der Waals surface area contributed by atoms with Gasteiger partial charge >= 0.3 is 0 Å². The van der Waals surface area contributed by atoms with Gasteiger partial charge in [-0.2, -0.15) is 0 Å². The second-order valence-corrected chi connectivity index (χ2v) is 6.87. The number of halogens is 4. The smallest absolute Gasteiger partial charge is 0.162 e. The molecule has 0 N–H and O–H groups in total. The second-order valence-electron chi connectivity index (χ2n) is 6.87. The highest BCUT2D eigenvalue weighted by molar-refractivity contribution is 5.37. The van der Waals surface area contributed by atoms with Crippen LogP contribution in [0.5, 0.6) is 0 Å². The van der Waals surface area contributed by atoms with Crippen molar-refractivity contribution in [2.75, 3.05) is 0 Å². The van der Waals surface area contributed by atoms with Crippen molar-refractivity contribution in [2.24, 2.45) is 0 Å². The molecule has 1 aliphatic rings. The highest BCUT2D eigenvalue weighted by atomic mass is 19.2. The molecule has 134 valence electrons. The molecule has 0 aliphatic heterocycles. The molecule has 0 nitrogen and oxygen atoms in total. The van der Waals surface area contributed by atoms with Crippen molar-refractivity contribution in [1.29, 1.82) is 0 Å². The van der Waals surface area contributed by atoms with Crippen LogP contribution >= 0.6 is 0 Å². The molecule has 2 aromatic carbocycles. The predicted molar refractivity (Wildman–Crippen MR) is 90.7 cm³/mol. The highest BCUT2D eigenvalue weighted by Crippen LogP contribution is 2.37. The fraction of sp³-hybridized carbons (Fsp3) is 0.429. The van der Waals surface area contributed by atoms with E-state index in [0.717, 1.165) is 30.9 Å². The first-order valence-corrected chi connectivity index (χ1v) is 8.94. The van der Waals surface area contributed by atoms with Crippen LogP contribution in [0.3, 0.4) is 0 Å². The molecule has 0 aromatic heterocycles. The average molecular weight is 350 g/mol. The molecule has 1 atom stereocenters. The molecule has 0 radical (unpaired) electrons. The number of benzene rings is 2. The first-order valence-electron chi connectivity index (χ1n) is 8.94. The van der Waals surface area contributed by atoms with Crippen LogP contribution in [-0.4, -0.2) is 0 Å². The third kappa shape index (κ3) is 3.73. The van der Waals surface area contributed by atoms with Gasteiger partial charge in [-0.15, -0.1) is 0 Å². The Morgan fingerprint density at radius 1 is 0.960 bits per heavy atom. The Morgan fingerprint density at radius 2 is 1.68 bits per heavy atom. The van der Waals surface area contributed by atoms with Gasteiger partial charge in [0.2, 0.25) is 0 Å². The van der Waals surface area contributed by atoms with Gasteiger partial charge in [-0.3, -0.25) is 0 Å². The minimum absolute atomic E-state index is 0.00792. The number of rotatable bonds is 5. The minimum atomic E-state index is -0.911. The summed E-state index contributed by atoms with van der Waals surface area (Å²) in [6.07, 6.45) is 4.77. The van der Waals surface area contributed by atoms with Crippen LogP contribution in [0.4, 0.5) is 17.6 Å². The number of hydrogen-bond acceptors (Lipinski definition) is 0. The maximum Gasteiger partial charge on any atom is 0.162 e. The van der Waals surface area contributed by atoms with Crippen LogP contribution in [0.2, 0.25) is 0 Å². The molecule has 25 heavy (non-hydrogen) atoms. The zero-order chi connectivity index (χ0) is 18.0. The predicted octanol–water partition coefficient (Wildman–Crippen LogP) is 6.25. The lowest BCUT2D eigenvalue weighted by Crippen LogP contribution is -2.17. The fourth-order valence-electron chi connectivity index (χ4n) is 3.76. The van der Waals surface area contributed by atoms with Crippen molar-refractivity contribution >= 4 is 0 Å². The van der Waals surface area contributed by atoms with Crippen molar-refractivity contribution in [3.63, 3.8) is 0 Å². The maximum atomic E-state index is 14.6. The molecule has 1 unspecified atom stereocenters. The lowest BCUT2D eigenvalue weighted by molar-refractivity contribution is 0.457. The Bertz CT molecular complexity index is 744. The molecule has 1 aliphatic carbocycles. The molecule has 4 heteroatoms. The summed E-state index contributed by atoms with van der Waals surface area (Å²) in [4.78, 5) is 0. The Kier molecular flexibility index (Phi) is 5.45. The van der Waals surface area contributed by atoms with Crippen LogP contribution in [0.1, 0.15) is 60.8 Å². The second kappa shape index (κ2) is 7.59. The molecule has 0 spiro atoms. The summed E-state index contributed by atoms with van der Waals surface area (Å²) >= 11 is 0. The summed E-state index contributed by atoms with van der Waals surface area (Å²) in [7, 11) is 0. The van der Waals surface area contributed by atoms with Crippen LogP contribution < -0.4 is 0 Å². The van der Waals surface area contributed by atoms with E-state index in [1.54, 1.807) is 6.07 Å². The Morgan fingerprint density at radius 3 is 2.36 bits per heavy atom. The fourth-order valence-corrected chi connectivity index (χ4v) is 3.76. The maximum absolute atomic E-state index is 14.6. The van der Waals surface area contributed by atoms with Gasteiger partial charge in [0.05, 0.1) is 0 Å². The van der Waals surface area contributed by atoms with E-state index in [1.165, 1.54) is 12.1 Å². The molecule has 0 heterocycles. The molecule has 0 fully saturated rings. The lowest BCUT2D eigenvalue weighted by atomic mass is 9.79. The number of unbranched alkanes of at least 4 members (excludes halogenated alkanes) is 2. The number of hydrogen-bond donors (Lipinski definition) is 0. The van der Waals surface area contributed by atoms with Gasteiger partial charge in [-0.1, -0.05) is 25.8 Å². The van der Waals surface area contributed by atoms with Crippen molar-refractivity contribution in [3.05, 3.63) is 69.8 Å². The molecule has 0 amide bonds. The first kappa shape index (κ1) is 18.0. The Hall–Kier alpha value is -1.84. The highest BCUT2D eigenvalue weighted by Gasteiger charge is 2.28. The van der Waals surface area contributed by atoms with E-state index in [2.05, 4.69) is 6.92 Å². The van der Waals surface area contributed by atoms with Crippen molar-refractivity contribution in [3.8, 4) is 0 Å². The monoisotopic (exact) mass is 350 g/mol. The topological polar surface area (TPSA) is 0 Å². The molecular weight excluding hydrogens is 328 g/mol. The third-order valence-electron chi connectivity index (χ3n) is 5.12. The molecule has 0 saturated carbocycles. The average Bonchev–Trinajstić information content (AvgIpc) is 2.58. The summed E-state index contributed by atoms with van der Waals surface area (Å²) in [6, 6.07) is 5.46. The summed E-state index contributed by atoms with van der Waals surface area (Å²) in [5.74, 6) is -3.41. The summed E-state index contributed by atoms with van der Waals surface area (Å²) in [5.41, 5.74) is 1.64. The van der Waals surface area contributed by atoms with E-state index in [-0.39, 0.29) is 17.5 Å². The lowest BCUT2D eigenvalue weighted by Gasteiger charge is -2.26. The van der Waals surface area contributed by atoms with Gasteiger partial charge in [-0.25, -0.2) is 17.6 Å². The SMILES string of the molecule is CCCCCc1cc(F)c(C2CCc3ccc(F)c(F)c3C2)c(F)c1. The number of fused-ring (bicyclic) bond motifs is 1. The molecule has 0 bridgehead atoms. The van der Waals surface area contributed by atoms with Crippen LogP contribution in [0, 0.1) is 23.3 Å². The molecule has 3 rings (SSSR count). The summed E-state index contributed by atoms with van der Waals surface area (Å²) in [5, 5.41) is 0. The van der Waals surface area contributed by atoms with Gasteiger partial charge in [0.15, 0.2) is 11.6 Å². The van der Waals surface area contributed by atoms with Crippen LogP contribution in [-0.2, 0) is 19.3 Å². The third-order valence-corrected chi connectivity index (χ3v) is 5.12. The van der Waals surface area contributed by atoms with Gasteiger partial charge < -0.3 is 0 Å². The van der Waals surface area contributed by atoms with Gasteiger partial charge in [-0.05, 0) is 72.9 Å². The van der Waals surface area contributed by atoms with E-state index >= 15 is 0 Å². The van der Waals surface area contributed by atoms with Crippen molar-refractivity contribution in [1.82, 2.24) is 0 Å². The normalized spacial score (nSPS) is 16.8. The molecular formula is C21H22F4. The van der Waals surface area contributed by atoms with Gasteiger partial charge in [0.1, 0.15) is 11.6 Å². The Balaban J connectivity index is 1.86. The van der Waals surface area contributed by atoms with Crippen LogP contribution in [0.15, 0.2) is 24.3 Å². The number of aryl methyl sites for hydroxylation is 2. The molecule has 0 saturated heterocycles. The molecule has 2 aromatic rings. The van der Waals surface area contributed by atoms with E-state index in [1.807, 2.05) is 0 Å². The van der Waals surface area contributed by atoms with Crippen molar-refractivity contribution < 1.29 is 17.6 Å². The Labute approximate surface area is 145 Å². The van der Waals surface area contributed by atoms with E-state index in [4.69, 9.17) is 0 Å². The summed E-state index contributed by atoms with van der Waals surface area (Å²) in [6.45, 7) is 2.08. The summed E-state index contributed by atoms with van der Waals surface area (Å²) < 4.78 is 56.6. The zero-order valence-corrected chi connectivity index (χ0v) is 14.3. The zero-order valence-electron chi connectivity index (χ0n) is 14.3. The van der Waals surface area contributed by atoms with E-state index in [0.29, 0.717) is 24.8 Å². The first-order chi connectivity index (χ1) is 12.0. The van der Waals surface area contributed by atoms with Gasteiger partial charge in [0, 0.05) is 5.56 Å². The quantitative estimate of drug-likeness (QED) is 0.442. The van der Waals surface area contributed by atoms with Crippen molar-refractivity contribution in [2.45, 2.75) is 57.8 Å². The standard InChI is InChI=1S/C21H22F4/c1-2-3-4-5-13-10-18(23)20(19(24)11-13)15-7-6-14-8-9-17(22)21(25)16(14)12-15/h8-11,15H,2-7,12H2,1H3. The minimum Gasteiger partial charge on any atom is -0.207 e. The van der Waals surface area contributed by atoms with E-state index < -0.39 is 29.2 Å².